The fourth-order valence-electron chi connectivity index (χ4n) is 3.79. The van der Waals surface area contributed by atoms with Gasteiger partial charge in [0.2, 0.25) is 0 Å². The summed E-state index contributed by atoms with van der Waals surface area (Å²) in [5.74, 6) is 1.43. The molecule has 1 unspecified atom stereocenters. The number of nitrogens with two attached hydrogens (primary N) is 1. The average Bonchev–Trinajstić information content (AvgIpc) is 3.32. The molecule has 1 atom stereocenters. The maximum atomic E-state index is 8.96. The fourth-order valence-corrected chi connectivity index (χ4v) is 3.79. The molecule has 0 aromatic heterocycles. The second-order valence-corrected chi connectivity index (χ2v) is 7.12. The van der Waals surface area contributed by atoms with Crippen LogP contribution in [0.2, 0.25) is 0 Å². The minimum atomic E-state index is -0.0592. The summed E-state index contributed by atoms with van der Waals surface area (Å²) in [5, 5.41) is 8.96. The molecule has 0 amide bonds. The lowest BCUT2D eigenvalue weighted by molar-refractivity contribution is 0.225. The van der Waals surface area contributed by atoms with Crippen LogP contribution >= 0.6 is 0 Å². The molecular weight excluding hydrogens is 258 g/mol. The van der Waals surface area contributed by atoms with E-state index in [0.717, 1.165) is 18.7 Å². The van der Waals surface area contributed by atoms with E-state index in [1.165, 1.54) is 37.7 Å². The smallest absolute Gasteiger partial charge is 0.108 e. The predicted octanol–water partition coefficient (Wildman–Crippen LogP) is 3.24. The Hall–Kier alpha value is -1.35. The van der Waals surface area contributed by atoms with Crippen LogP contribution in [0.25, 0.3) is 0 Å². The zero-order valence-electron chi connectivity index (χ0n) is 12.6. The van der Waals surface area contributed by atoms with Crippen LogP contribution in [-0.2, 0) is 5.41 Å². The highest BCUT2D eigenvalue weighted by Gasteiger charge is 2.50. The number of nitrogens with one attached hydrogen (secondary N) is 1. The van der Waals surface area contributed by atoms with E-state index in [1.54, 1.807) is 0 Å². The third kappa shape index (κ3) is 2.18. The molecule has 3 nitrogen and oxygen atoms in total. The van der Waals surface area contributed by atoms with Gasteiger partial charge >= 0.3 is 0 Å². The highest BCUT2D eigenvalue weighted by molar-refractivity contribution is 5.92. The molecule has 112 valence electrons. The first-order valence-corrected chi connectivity index (χ1v) is 8.41. The van der Waals surface area contributed by atoms with Crippen LogP contribution in [0.5, 0.6) is 0 Å². The van der Waals surface area contributed by atoms with Gasteiger partial charge in [-0.25, -0.2) is 0 Å². The monoisotopic (exact) mass is 283 g/mol. The number of hydrogen-bond acceptors (Lipinski definition) is 2. The minimum Gasteiger partial charge on any atom is -0.341 e. The van der Waals surface area contributed by atoms with Crippen molar-refractivity contribution in [2.24, 2.45) is 11.7 Å². The standard InChI is InChI=1S/C18H25N3/c19-16(13-7-8-13)21(15-9-10-15)17(20)18(11-4-12-18)14-5-2-1-3-6-14/h1-3,5-6,13,15-16,20H,4,7-12,19H2. The third-order valence-corrected chi connectivity index (χ3v) is 5.61. The summed E-state index contributed by atoms with van der Waals surface area (Å²) in [7, 11) is 0. The third-order valence-electron chi connectivity index (χ3n) is 5.61. The first-order chi connectivity index (χ1) is 10.2. The number of rotatable bonds is 5. The van der Waals surface area contributed by atoms with Crippen molar-refractivity contribution in [3.05, 3.63) is 35.9 Å². The molecule has 0 heterocycles. The summed E-state index contributed by atoms with van der Waals surface area (Å²) < 4.78 is 0. The Balaban J connectivity index is 1.64. The van der Waals surface area contributed by atoms with Crippen LogP contribution in [0, 0.1) is 11.3 Å². The summed E-state index contributed by atoms with van der Waals surface area (Å²) in [6.45, 7) is 0. The lowest BCUT2D eigenvalue weighted by atomic mass is 9.63. The Morgan fingerprint density at radius 1 is 1.14 bits per heavy atom. The number of nitrogens with zero attached hydrogens (tertiary/aromatic N) is 1. The van der Waals surface area contributed by atoms with Crippen molar-refractivity contribution < 1.29 is 0 Å². The van der Waals surface area contributed by atoms with Gasteiger partial charge in [-0.1, -0.05) is 36.8 Å². The van der Waals surface area contributed by atoms with E-state index < -0.39 is 0 Å². The maximum absolute atomic E-state index is 8.96. The predicted molar refractivity (Wildman–Crippen MR) is 85.3 cm³/mol. The molecule has 3 heteroatoms. The average molecular weight is 283 g/mol. The van der Waals surface area contributed by atoms with Crippen molar-refractivity contribution >= 4 is 5.84 Å². The van der Waals surface area contributed by atoms with Gasteiger partial charge in [0.15, 0.2) is 0 Å². The molecule has 1 aromatic rings. The summed E-state index contributed by atoms with van der Waals surface area (Å²) >= 11 is 0. The second kappa shape index (κ2) is 4.84. The van der Waals surface area contributed by atoms with Crippen molar-refractivity contribution in [3.8, 4) is 0 Å². The van der Waals surface area contributed by atoms with E-state index >= 15 is 0 Å². The van der Waals surface area contributed by atoms with Gasteiger partial charge in [-0.15, -0.1) is 0 Å². The maximum Gasteiger partial charge on any atom is 0.108 e. The molecule has 3 fully saturated rings. The highest BCUT2D eigenvalue weighted by Crippen LogP contribution is 2.48. The molecule has 0 aliphatic heterocycles. The van der Waals surface area contributed by atoms with Crippen LogP contribution in [0.1, 0.15) is 50.5 Å². The Kier molecular flexibility index (Phi) is 3.07. The zero-order chi connectivity index (χ0) is 14.4. The van der Waals surface area contributed by atoms with Gasteiger partial charge in [-0.05, 0) is 50.0 Å². The Labute approximate surface area is 127 Å². The number of hydrogen-bond donors (Lipinski definition) is 2. The number of amidine groups is 1. The zero-order valence-corrected chi connectivity index (χ0v) is 12.6. The number of benzene rings is 1. The van der Waals surface area contributed by atoms with E-state index in [4.69, 9.17) is 11.1 Å². The SMILES string of the molecule is N=C(N(C1CC1)C(N)C1CC1)C1(c2ccccc2)CCC1. The van der Waals surface area contributed by atoms with E-state index in [2.05, 4.69) is 35.2 Å². The van der Waals surface area contributed by atoms with Crippen LogP contribution in [0.4, 0.5) is 0 Å². The molecule has 21 heavy (non-hydrogen) atoms. The molecule has 3 aliphatic carbocycles. The second-order valence-electron chi connectivity index (χ2n) is 7.12. The summed E-state index contributed by atoms with van der Waals surface area (Å²) in [6, 6.07) is 11.2. The molecule has 3 aliphatic rings. The summed E-state index contributed by atoms with van der Waals surface area (Å²) in [5.41, 5.74) is 7.76. The van der Waals surface area contributed by atoms with Gasteiger partial charge in [-0.3, -0.25) is 5.41 Å². The molecule has 0 spiro atoms. The molecule has 0 saturated heterocycles. The van der Waals surface area contributed by atoms with Crippen LogP contribution in [0.15, 0.2) is 30.3 Å². The van der Waals surface area contributed by atoms with Gasteiger partial charge in [0, 0.05) is 6.04 Å². The Bertz CT molecular complexity index is 527. The van der Waals surface area contributed by atoms with Crippen molar-refractivity contribution in [2.45, 2.75) is 62.6 Å². The molecule has 1 aromatic carbocycles. The Morgan fingerprint density at radius 2 is 1.81 bits per heavy atom. The first kappa shape index (κ1) is 13.3. The molecule has 4 rings (SSSR count). The molecular formula is C18H25N3. The van der Waals surface area contributed by atoms with Crippen LogP contribution < -0.4 is 5.73 Å². The van der Waals surface area contributed by atoms with Crippen molar-refractivity contribution in [1.29, 1.82) is 5.41 Å². The Morgan fingerprint density at radius 3 is 2.29 bits per heavy atom. The van der Waals surface area contributed by atoms with Crippen LogP contribution in [0.3, 0.4) is 0 Å². The van der Waals surface area contributed by atoms with Crippen molar-refractivity contribution in [2.75, 3.05) is 0 Å². The van der Waals surface area contributed by atoms with Gasteiger partial charge in [0.25, 0.3) is 0 Å². The van der Waals surface area contributed by atoms with Crippen molar-refractivity contribution in [1.82, 2.24) is 4.90 Å². The van der Waals surface area contributed by atoms with E-state index in [0.29, 0.717) is 12.0 Å². The normalized spacial score (nSPS) is 25.0. The summed E-state index contributed by atoms with van der Waals surface area (Å²) in [4.78, 5) is 2.30. The van der Waals surface area contributed by atoms with E-state index in [9.17, 15) is 0 Å². The molecule has 3 saturated carbocycles. The lowest BCUT2D eigenvalue weighted by Gasteiger charge is -2.48. The van der Waals surface area contributed by atoms with Gasteiger partial charge < -0.3 is 10.6 Å². The highest BCUT2D eigenvalue weighted by atomic mass is 15.3. The molecule has 0 radical (unpaired) electrons. The summed E-state index contributed by atoms with van der Waals surface area (Å²) in [6.07, 6.45) is 8.44. The molecule has 3 N–H and O–H groups in total. The van der Waals surface area contributed by atoms with Gasteiger partial charge in [0.1, 0.15) is 5.84 Å². The van der Waals surface area contributed by atoms with E-state index in [1.807, 2.05) is 0 Å². The first-order valence-electron chi connectivity index (χ1n) is 8.41. The largest absolute Gasteiger partial charge is 0.341 e. The quantitative estimate of drug-likeness (QED) is 0.495. The topological polar surface area (TPSA) is 53.1 Å². The van der Waals surface area contributed by atoms with Gasteiger partial charge in [-0.2, -0.15) is 0 Å². The van der Waals surface area contributed by atoms with Crippen molar-refractivity contribution in [3.63, 3.8) is 0 Å². The fraction of sp³-hybridized carbons (Fsp3) is 0.611. The van der Waals surface area contributed by atoms with E-state index in [-0.39, 0.29) is 11.6 Å². The van der Waals surface area contributed by atoms with Crippen LogP contribution in [-0.4, -0.2) is 22.9 Å². The van der Waals surface area contributed by atoms with Gasteiger partial charge in [0.05, 0.1) is 11.6 Å². The lowest BCUT2D eigenvalue weighted by Crippen LogP contribution is -2.57. The molecule has 0 bridgehead atoms. The minimum absolute atomic E-state index is 0.0592.